The van der Waals surface area contributed by atoms with Gasteiger partial charge in [-0.1, -0.05) is 224 Å². The minimum atomic E-state index is 0.922. The van der Waals surface area contributed by atoms with Crippen LogP contribution in [-0.2, 0) is 0 Å². The predicted molar refractivity (Wildman–Crippen MR) is 336 cm³/mol. The summed E-state index contributed by atoms with van der Waals surface area (Å²) in [6.45, 7) is 4.39. The number of hydrogen-bond acceptors (Lipinski definition) is 3. The molecule has 3 aromatic heterocycles. The molecule has 3 heterocycles. The van der Waals surface area contributed by atoms with Crippen molar-refractivity contribution in [1.82, 2.24) is 15.0 Å². The molecule has 0 amide bonds. The van der Waals surface area contributed by atoms with Crippen molar-refractivity contribution in [3.05, 3.63) is 297 Å². The molecule has 0 atom stereocenters. The van der Waals surface area contributed by atoms with Crippen molar-refractivity contribution in [2.75, 3.05) is 0 Å². The van der Waals surface area contributed by atoms with Gasteiger partial charge in [-0.2, -0.15) is 0 Å². The Kier molecular flexibility index (Phi) is 12.3. The van der Waals surface area contributed by atoms with Gasteiger partial charge in [0.05, 0.1) is 17.1 Å². The van der Waals surface area contributed by atoms with Crippen LogP contribution in [0.15, 0.2) is 286 Å². The van der Waals surface area contributed by atoms with Crippen LogP contribution >= 0.6 is 0 Å². The Balaban J connectivity index is 0.982. The Bertz CT molecular complexity index is 4470. The molecule has 3 heteroatoms. The van der Waals surface area contributed by atoms with Crippen LogP contribution in [0.3, 0.4) is 0 Å². The van der Waals surface area contributed by atoms with Crippen LogP contribution in [0.25, 0.3) is 144 Å². The third kappa shape index (κ3) is 8.81. The smallest absolute Gasteiger partial charge is 0.0708 e. The van der Waals surface area contributed by atoms with Crippen LogP contribution in [0.2, 0.25) is 0 Å². The Labute approximate surface area is 466 Å². The zero-order valence-corrected chi connectivity index (χ0v) is 44.5. The molecule has 0 fully saturated rings. The highest BCUT2D eigenvalue weighted by Gasteiger charge is 2.21. The van der Waals surface area contributed by atoms with Crippen LogP contribution in [-0.4, -0.2) is 15.0 Å². The summed E-state index contributed by atoms with van der Waals surface area (Å²) in [5.74, 6) is 0. The summed E-state index contributed by atoms with van der Waals surface area (Å²) in [6.07, 6.45) is 6.19. The van der Waals surface area contributed by atoms with E-state index < -0.39 is 0 Å². The van der Waals surface area contributed by atoms with Crippen molar-refractivity contribution in [3.8, 4) is 112 Å². The van der Waals surface area contributed by atoms with Crippen LogP contribution in [0.1, 0.15) is 11.1 Å². The molecule has 14 aromatic rings. The number of fused-ring (bicyclic) bond motifs is 6. The molecule has 0 aliphatic carbocycles. The summed E-state index contributed by atoms with van der Waals surface area (Å²) in [6, 6.07) is 96.3. The van der Waals surface area contributed by atoms with E-state index in [0.29, 0.717) is 0 Å². The Morgan fingerprint density at radius 3 is 0.900 bits per heavy atom. The van der Waals surface area contributed by atoms with E-state index in [0.717, 1.165) is 123 Å². The van der Waals surface area contributed by atoms with Gasteiger partial charge in [-0.15, -0.1) is 0 Å². The van der Waals surface area contributed by atoms with E-state index >= 15 is 0 Å². The monoisotopic (exact) mass is 1020 g/mol. The molecule has 0 spiro atoms. The van der Waals surface area contributed by atoms with Crippen molar-refractivity contribution in [2.45, 2.75) is 13.8 Å². The van der Waals surface area contributed by atoms with E-state index in [1.165, 1.54) is 32.3 Å². The minimum absolute atomic E-state index is 0.922. The second-order valence-electron chi connectivity index (χ2n) is 20.8. The average Bonchev–Trinajstić information content (AvgIpc) is 3.71. The highest BCUT2D eigenvalue weighted by molar-refractivity contribution is 6.26. The van der Waals surface area contributed by atoms with E-state index in [2.05, 4.69) is 275 Å². The molecule has 11 aromatic carbocycles. The Hall–Kier alpha value is -10.4. The molecule has 0 aliphatic rings. The number of rotatable bonds is 10. The third-order valence-electron chi connectivity index (χ3n) is 15.9. The lowest BCUT2D eigenvalue weighted by atomic mass is 9.84. The molecule has 0 aliphatic heterocycles. The molecule has 3 nitrogen and oxygen atoms in total. The van der Waals surface area contributed by atoms with E-state index in [-0.39, 0.29) is 0 Å². The van der Waals surface area contributed by atoms with Crippen molar-refractivity contribution in [1.29, 1.82) is 0 Å². The zero-order valence-electron chi connectivity index (χ0n) is 44.5. The largest absolute Gasteiger partial charge is 0.256 e. The number of aryl methyl sites for hydroxylation is 2. The number of aromatic nitrogens is 3. The molecular weight excluding hydrogens is 967 g/mol. The summed E-state index contributed by atoms with van der Waals surface area (Å²) in [4.78, 5) is 15.4. The first-order chi connectivity index (χ1) is 39.5. The second kappa shape index (κ2) is 20.5. The fraction of sp³-hybridized carbons (Fsp3) is 0.0260. The van der Waals surface area contributed by atoms with Gasteiger partial charge in [0.2, 0.25) is 0 Å². The summed E-state index contributed by atoms with van der Waals surface area (Å²) in [5, 5.41) is 7.47. The number of hydrogen-bond donors (Lipinski definition) is 0. The summed E-state index contributed by atoms with van der Waals surface area (Å²) in [7, 11) is 0. The standard InChI is InChI=1S/C77H53N3/c1-50-40-75(52-22-6-3-7-23-52)78-47-72(50)62-31-15-12-28-59(62)56-42-57(60-29-13-16-32-63(60)73-48-79-76(41-51(73)2)53-24-8-4-9-25-53)44-58(43-56)61-30-14-17-33-64(61)74-49-80-77(54-26-10-5-11-27-54)46-70(74)55-38-39-69-67-36-19-18-34-65(67)66-35-20-21-37-68(66)71(69)45-55/h3-49H,1-2H3. The highest BCUT2D eigenvalue weighted by atomic mass is 14.7. The number of pyridine rings is 3. The maximum Gasteiger partial charge on any atom is 0.0708 e. The Morgan fingerprint density at radius 1 is 0.188 bits per heavy atom. The number of benzene rings is 11. The van der Waals surface area contributed by atoms with E-state index in [9.17, 15) is 0 Å². The molecule has 0 unspecified atom stereocenters. The first-order valence-corrected chi connectivity index (χ1v) is 27.4. The third-order valence-corrected chi connectivity index (χ3v) is 15.9. The maximum absolute atomic E-state index is 5.28. The van der Waals surface area contributed by atoms with Gasteiger partial charge in [0.15, 0.2) is 0 Å². The van der Waals surface area contributed by atoms with E-state index in [1.807, 2.05) is 24.5 Å². The molecule has 80 heavy (non-hydrogen) atoms. The van der Waals surface area contributed by atoms with Crippen molar-refractivity contribution < 1.29 is 0 Å². The van der Waals surface area contributed by atoms with Crippen molar-refractivity contribution in [2.24, 2.45) is 0 Å². The first-order valence-electron chi connectivity index (χ1n) is 27.4. The molecular formula is C77H53N3. The zero-order chi connectivity index (χ0) is 53.5. The lowest BCUT2D eigenvalue weighted by Gasteiger charge is -2.20. The van der Waals surface area contributed by atoms with Gasteiger partial charge in [0.1, 0.15) is 0 Å². The lowest BCUT2D eigenvalue weighted by Crippen LogP contribution is -1.96. The highest BCUT2D eigenvalue weighted by Crippen LogP contribution is 2.46. The minimum Gasteiger partial charge on any atom is -0.256 e. The topological polar surface area (TPSA) is 38.7 Å². The van der Waals surface area contributed by atoms with Gasteiger partial charge >= 0.3 is 0 Å². The molecule has 0 bridgehead atoms. The van der Waals surface area contributed by atoms with Gasteiger partial charge < -0.3 is 0 Å². The SMILES string of the molecule is Cc1cc(-c2ccccc2)ncc1-c1ccccc1-c1cc(-c2ccccc2-c2cnc(-c3ccccc3)cc2C)cc(-c2ccccc2-c2cnc(-c3ccccc3)cc2-c2ccc3c4ccccc4c4ccccc4c3c2)c1. The van der Waals surface area contributed by atoms with Crippen molar-refractivity contribution >= 4 is 32.3 Å². The molecule has 0 saturated carbocycles. The fourth-order valence-electron chi connectivity index (χ4n) is 12.0. The summed E-state index contributed by atoms with van der Waals surface area (Å²) >= 11 is 0. The molecule has 0 saturated heterocycles. The quantitative estimate of drug-likeness (QED) is 0.128. The molecule has 376 valence electrons. The summed E-state index contributed by atoms with van der Waals surface area (Å²) in [5.41, 5.74) is 23.9. The van der Waals surface area contributed by atoms with Gasteiger partial charge in [-0.3, -0.25) is 15.0 Å². The summed E-state index contributed by atoms with van der Waals surface area (Å²) < 4.78 is 0. The van der Waals surface area contributed by atoms with Crippen molar-refractivity contribution in [3.63, 3.8) is 0 Å². The van der Waals surface area contributed by atoms with Crippen LogP contribution in [0.4, 0.5) is 0 Å². The first kappa shape index (κ1) is 48.1. The van der Waals surface area contributed by atoms with Crippen LogP contribution < -0.4 is 0 Å². The molecule has 0 radical (unpaired) electrons. The van der Waals surface area contributed by atoms with Crippen LogP contribution in [0, 0.1) is 13.8 Å². The lowest BCUT2D eigenvalue weighted by molar-refractivity contribution is 1.29. The van der Waals surface area contributed by atoms with Gasteiger partial charge in [0.25, 0.3) is 0 Å². The Morgan fingerprint density at radius 2 is 0.500 bits per heavy atom. The van der Waals surface area contributed by atoms with E-state index in [4.69, 9.17) is 15.0 Å². The van der Waals surface area contributed by atoms with Gasteiger partial charge in [0, 0.05) is 52.0 Å². The normalized spacial score (nSPS) is 11.4. The second-order valence-corrected chi connectivity index (χ2v) is 20.8. The van der Waals surface area contributed by atoms with Gasteiger partial charge in [-0.05, 0) is 161 Å². The maximum atomic E-state index is 5.28. The predicted octanol–water partition coefficient (Wildman–Crippen LogP) is 20.6. The van der Waals surface area contributed by atoms with E-state index in [1.54, 1.807) is 0 Å². The molecule has 0 N–H and O–H groups in total. The fourth-order valence-corrected chi connectivity index (χ4v) is 12.0. The average molecular weight is 1020 g/mol. The number of nitrogens with zero attached hydrogens (tertiary/aromatic N) is 3. The van der Waals surface area contributed by atoms with Crippen LogP contribution in [0.5, 0.6) is 0 Å². The van der Waals surface area contributed by atoms with Gasteiger partial charge in [-0.25, -0.2) is 0 Å². The molecule has 14 rings (SSSR count).